The number of sulfone groups is 1. The molecule has 0 aliphatic heterocycles. The van der Waals surface area contributed by atoms with Crippen molar-refractivity contribution >= 4 is 31.9 Å². The molecule has 0 saturated carbocycles. The summed E-state index contributed by atoms with van der Waals surface area (Å²) in [7, 11) is -1.72. The molecule has 30 heavy (non-hydrogen) atoms. The molecule has 2 aromatic heterocycles. The third-order valence-corrected chi connectivity index (χ3v) is 21.9. The van der Waals surface area contributed by atoms with Crippen molar-refractivity contribution in [1.82, 2.24) is 14.5 Å². The number of aromatic nitrogens is 3. The van der Waals surface area contributed by atoms with Gasteiger partial charge in [0.25, 0.3) is 0 Å². The molecule has 2 aromatic rings. The number of nitrogens with zero attached hydrogens (tertiary/aromatic N) is 3. The first-order valence-electron chi connectivity index (χ1n) is 11.1. The Morgan fingerprint density at radius 1 is 1.00 bits per heavy atom. The van der Waals surface area contributed by atoms with E-state index in [1.165, 1.54) is 68.1 Å². The maximum atomic E-state index is 11.8. The van der Waals surface area contributed by atoms with Gasteiger partial charge < -0.3 is 0 Å². The second-order valence-corrected chi connectivity index (χ2v) is 23.2. The molecular weight excluding hydrogens is 505 g/mol. The van der Waals surface area contributed by atoms with Crippen LogP contribution >= 0.6 is 0 Å². The van der Waals surface area contributed by atoms with Crippen LogP contribution in [0.25, 0.3) is 5.69 Å². The van der Waals surface area contributed by atoms with E-state index in [0.717, 1.165) is 11.9 Å². The van der Waals surface area contributed by atoms with Crippen LogP contribution < -0.4 is 8.45 Å². The Morgan fingerprint density at radius 3 is 2.00 bits per heavy atom. The van der Waals surface area contributed by atoms with E-state index in [-0.39, 0.29) is 5.03 Å². The molecule has 168 valence electrons. The van der Waals surface area contributed by atoms with Gasteiger partial charge in [-0.1, -0.05) is 0 Å². The summed E-state index contributed by atoms with van der Waals surface area (Å²) in [5.74, 6) is 0.551. The molecule has 2 heterocycles. The van der Waals surface area contributed by atoms with Crippen LogP contribution in [0.15, 0.2) is 29.7 Å². The van der Waals surface area contributed by atoms with Crippen LogP contribution in [0.2, 0.25) is 13.3 Å². The Bertz CT molecular complexity index is 890. The number of rotatable bonds is 13. The molecule has 2 rings (SSSR count). The number of pyridine rings is 1. The maximum absolute atomic E-state index is 11.8. The van der Waals surface area contributed by atoms with Gasteiger partial charge in [-0.25, -0.2) is 0 Å². The van der Waals surface area contributed by atoms with E-state index in [9.17, 15) is 8.42 Å². The molecule has 0 amide bonds. The first-order valence-corrected chi connectivity index (χ1v) is 20.5. The Morgan fingerprint density at radius 2 is 1.57 bits per heavy atom. The molecule has 8 heteroatoms. The third-order valence-electron chi connectivity index (χ3n) is 5.82. The van der Waals surface area contributed by atoms with Gasteiger partial charge in [0.1, 0.15) is 0 Å². The summed E-state index contributed by atoms with van der Waals surface area (Å²) in [4.78, 5) is 9.08. The second kappa shape index (κ2) is 11.5. The number of methoxy groups -OCH3 is 1. The van der Waals surface area contributed by atoms with Gasteiger partial charge in [0.05, 0.1) is 0 Å². The zero-order chi connectivity index (χ0) is 22.2. The Kier molecular flexibility index (Phi) is 9.65. The molecule has 0 atom stereocenters. The molecule has 0 aliphatic rings. The van der Waals surface area contributed by atoms with Gasteiger partial charge in [0, 0.05) is 0 Å². The van der Waals surface area contributed by atoms with Crippen molar-refractivity contribution in [3.05, 3.63) is 24.7 Å². The number of imidazole rings is 1. The Balaban J connectivity index is 2.50. The van der Waals surface area contributed by atoms with E-state index in [0.29, 0.717) is 5.88 Å². The number of ether oxygens (including phenoxy) is 1. The fraction of sp³-hybridized carbons (Fsp3) is 0.636. The van der Waals surface area contributed by atoms with Crippen LogP contribution in [0.3, 0.4) is 0 Å². The SMILES string of the molecule is CCC[CH2][Sn]([CH2]CCC)([CH2]CCC)[c]1ccc(-n2cnc(S(C)(=O)=O)c2)c(OC)n1. The molecule has 0 spiro atoms. The average molecular weight is 542 g/mol. The fourth-order valence-corrected chi connectivity index (χ4v) is 19.9. The summed E-state index contributed by atoms with van der Waals surface area (Å²) in [6.07, 6.45) is 11.7. The van der Waals surface area contributed by atoms with Gasteiger partial charge in [-0.05, 0) is 0 Å². The van der Waals surface area contributed by atoms with E-state index in [1.54, 1.807) is 11.7 Å². The zero-order valence-corrected chi connectivity index (χ0v) is 22.8. The minimum atomic E-state index is -3.35. The second-order valence-electron chi connectivity index (χ2n) is 8.21. The number of hydrogen-bond acceptors (Lipinski definition) is 5. The first-order chi connectivity index (χ1) is 14.3. The minimum absolute atomic E-state index is 0.0518. The van der Waals surface area contributed by atoms with Crippen LogP contribution in [0.5, 0.6) is 5.88 Å². The summed E-state index contributed by atoms with van der Waals surface area (Å²) in [5.41, 5.74) is 0.727. The molecule has 0 bridgehead atoms. The molecule has 0 fully saturated rings. The fourth-order valence-electron chi connectivity index (χ4n) is 4.01. The summed E-state index contributed by atoms with van der Waals surface area (Å²) >= 11 is -2.66. The van der Waals surface area contributed by atoms with E-state index >= 15 is 0 Å². The molecule has 0 saturated heterocycles. The van der Waals surface area contributed by atoms with Crippen molar-refractivity contribution in [3.8, 4) is 11.6 Å². The summed E-state index contributed by atoms with van der Waals surface area (Å²) in [6, 6.07) is 4.22. The molecule has 0 unspecified atom stereocenters. The van der Waals surface area contributed by atoms with Crippen LogP contribution in [-0.2, 0) is 9.84 Å². The molecule has 0 aromatic carbocycles. The number of hydrogen-bond donors (Lipinski definition) is 0. The molecule has 0 N–H and O–H groups in total. The van der Waals surface area contributed by atoms with Crippen molar-refractivity contribution in [1.29, 1.82) is 0 Å². The summed E-state index contributed by atoms with van der Waals surface area (Å²) in [5, 5.41) is 0.0518. The van der Waals surface area contributed by atoms with Crippen molar-refractivity contribution in [2.24, 2.45) is 0 Å². The normalized spacial score (nSPS) is 12.3. The third kappa shape index (κ3) is 6.22. The van der Waals surface area contributed by atoms with Gasteiger partial charge in [-0.3, -0.25) is 0 Å². The monoisotopic (exact) mass is 543 g/mol. The van der Waals surface area contributed by atoms with E-state index in [1.807, 2.05) is 6.07 Å². The van der Waals surface area contributed by atoms with Gasteiger partial charge in [0.2, 0.25) is 0 Å². The van der Waals surface area contributed by atoms with Crippen molar-refractivity contribution < 1.29 is 13.2 Å². The van der Waals surface area contributed by atoms with Crippen LogP contribution in [0.1, 0.15) is 59.3 Å². The zero-order valence-electron chi connectivity index (χ0n) is 19.1. The topological polar surface area (TPSA) is 74.1 Å². The average Bonchev–Trinajstić information content (AvgIpc) is 3.24. The number of unbranched alkanes of at least 4 members (excludes halogenated alkanes) is 3. The van der Waals surface area contributed by atoms with Gasteiger partial charge >= 0.3 is 187 Å². The predicted octanol–water partition coefficient (Wildman–Crippen LogP) is 4.74. The van der Waals surface area contributed by atoms with Gasteiger partial charge in [-0.15, -0.1) is 0 Å². The summed E-state index contributed by atoms with van der Waals surface area (Å²) < 4.78 is 36.3. The van der Waals surface area contributed by atoms with Crippen LogP contribution in [0, 0.1) is 0 Å². The van der Waals surface area contributed by atoms with E-state index in [2.05, 4.69) is 31.8 Å². The van der Waals surface area contributed by atoms with Crippen LogP contribution in [-0.4, -0.2) is 54.7 Å². The Hall–Kier alpha value is -1.09. The Labute approximate surface area is 186 Å². The van der Waals surface area contributed by atoms with Crippen molar-refractivity contribution in [3.63, 3.8) is 0 Å². The van der Waals surface area contributed by atoms with Gasteiger partial charge in [0.15, 0.2) is 0 Å². The standard InChI is InChI=1S/C10H10N3O3S.3C4H9.Sn/c1-16-10-8(4-3-5-11-10)13-6-9(12-7-13)17(2,14)15;3*1-3-4-2;/h3-4,6-7H,1-2H3;3*1,3-4H2,2H3;. The van der Waals surface area contributed by atoms with Crippen molar-refractivity contribution in [2.75, 3.05) is 13.4 Å². The molecule has 6 nitrogen and oxygen atoms in total. The summed E-state index contributed by atoms with van der Waals surface area (Å²) in [6.45, 7) is 6.81. The molecule has 0 aliphatic carbocycles. The van der Waals surface area contributed by atoms with Crippen molar-refractivity contribution in [2.45, 2.75) is 77.6 Å². The molecular formula is C22H37N3O3SSn. The predicted molar refractivity (Wildman–Crippen MR) is 126 cm³/mol. The first kappa shape index (κ1) is 25.2. The quantitative estimate of drug-likeness (QED) is 0.342. The van der Waals surface area contributed by atoms with E-state index < -0.39 is 28.2 Å². The van der Waals surface area contributed by atoms with Crippen LogP contribution in [0.4, 0.5) is 0 Å². The molecule has 0 radical (unpaired) electrons. The van der Waals surface area contributed by atoms with E-state index in [4.69, 9.17) is 9.72 Å². The van der Waals surface area contributed by atoms with Gasteiger partial charge in [-0.2, -0.15) is 0 Å².